The molecule has 0 aromatic heterocycles. The van der Waals surface area contributed by atoms with E-state index in [4.69, 9.17) is 18.9 Å². The third-order valence-corrected chi connectivity index (χ3v) is 6.17. The molecule has 2 aliphatic rings. The summed E-state index contributed by atoms with van der Waals surface area (Å²) in [5.74, 6) is -1.24. The highest BCUT2D eigenvalue weighted by molar-refractivity contribution is 7.81. The van der Waals surface area contributed by atoms with Gasteiger partial charge < -0.3 is 15.4 Å². The lowest BCUT2D eigenvalue weighted by Crippen LogP contribution is -2.47. The van der Waals surface area contributed by atoms with Gasteiger partial charge in [0.15, 0.2) is 0 Å². The molecule has 0 aliphatic carbocycles. The van der Waals surface area contributed by atoms with Crippen LogP contribution in [0, 0.1) is 5.41 Å². The summed E-state index contributed by atoms with van der Waals surface area (Å²) in [4.78, 5) is 37.4. The molecule has 2 heterocycles. The summed E-state index contributed by atoms with van der Waals surface area (Å²) in [7, 11) is -4.62. The Balaban J connectivity index is 1.83. The summed E-state index contributed by atoms with van der Waals surface area (Å²) < 4.78 is 39.5. The number of urea groups is 1. The van der Waals surface area contributed by atoms with Gasteiger partial charge in [-0.2, -0.15) is 13.5 Å². The average Bonchev–Trinajstić information content (AvgIpc) is 2.93. The molecule has 2 aliphatic heterocycles. The highest BCUT2D eigenvalue weighted by atomic mass is 32.3. The molecule has 11 nitrogen and oxygen atoms in total. The second kappa shape index (κ2) is 10.6. The largest absolute Gasteiger partial charge is 0.465 e. The van der Waals surface area contributed by atoms with Crippen molar-refractivity contribution in [3.63, 3.8) is 0 Å². The van der Waals surface area contributed by atoms with E-state index in [-0.39, 0.29) is 13.2 Å². The van der Waals surface area contributed by atoms with Crippen molar-refractivity contribution in [2.24, 2.45) is 11.1 Å². The number of piperidine rings is 1. The molecule has 2 bridgehead atoms. The fraction of sp³-hybridized carbons (Fsp3) is 0.842. The molecule has 2 rings (SSSR count). The molecule has 31 heavy (non-hydrogen) atoms. The van der Waals surface area contributed by atoms with E-state index in [2.05, 4.69) is 6.92 Å². The first kappa shape index (κ1) is 25.3. The Labute approximate surface area is 183 Å². The number of rotatable bonds is 13. The molecule has 2 unspecified atom stereocenters. The van der Waals surface area contributed by atoms with Gasteiger partial charge in [0.1, 0.15) is 6.04 Å². The molecular weight excluding hydrogens is 430 g/mol. The number of ether oxygens (including phenoxy) is 1. The topological polar surface area (TPSA) is 146 Å². The normalized spacial score (nSPS) is 21.5. The van der Waals surface area contributed by atoms with Crippen LogP contribution in [0.3, 0.4) is 0 Å². The molecule has 0 radical (unpaired) electrons. The number of hydrogen-bond donors (Lipinski definition) is 1. The van der Waals surface area contributed by atoms with Gasteiger partial charge in [0.05, 0.1) is 24.7 Å². The predicted molar refractivity (Wildman–Crippen MR) is 109 cm³/mol. The van der Waals surface area contributed by atoms with Gasteiger partial charge in [0.2, 0.25) is 5.91 Å². The second-order valence-corrected chi connectivity index (χ2v) is 9.79. The number of amides is 3. The third-order valence-electron chi connectivity index (χ3n) is 5.42. The molecule has 3 amide bonds. The van der Waals surface area contributed by atoms with Gasteiger partial charge in [-0.25, -0.2) is 8.98 Å². The minimum Gasteiger partial charge on any atom is -0.465 e. The van der Waals surface area contributed by atoms with Crippen molar-refractivity contribution in [2.45, 2.75) is 77.8 Å². The van der Waals surface area contributed by atoms with Crippen LogP contribution < -0.4 is 5.73 Å². The summed E-state index contributed by atoms with van der Waals surface area (Å²) in [6.45, 7) is 5.00. The Kier molecular flexibility index (Phi) is 8.66. The summed E-state index contributed by atoms with van der Waals surface area (Å²) in [5, 5.41) is 0.694. The van der Waals surface area contributed by atoms with Crippen molar-refractivity contribution >= 4 is 28.3 Å². The molecule has 0 aromatic carbocycles. The number of carbonyl (C=O) groups is 3. The molecule has 2 saturated heterocycles. The van der Waals surface area contributed by atoms with Crippen LogP contribution in [0.15, 0.2) is 0 Å². The van der Waals surface area contributed by atoms with E-state index in [0.29, 0.717) is 17.9 Å². The van der Waals surface area contributed by atoms with E-state index in [1.807, 2.05) is 0 Å². The lowest BCUT2D eigenvalue weighted by Gasteiger charge is -2.27. The molecule has 178 valence electrons. The van der Waals surface area contributed by atoms with Gasteiger partial charge in [0, 0.05) is 6.54 Å². The van der Waals surface area contributed by atoms with Gasteiger partial charge in [-0.1, -0.05) is 32.6 Å². The van der Waals surface area contributed by atoms with Crippen molar-refractivity contribution < 1.29 is 36.0 Å². The zero-order chi connectivity index (χ0) is 23.2. The smallest absolute Gasteiger partial charge is 0.421 e. The number of nitrogens with zero attached hydrogens (tertiary/aromatic N) is 2. The number of esters is 1. The minimum absolute atomic E-state index is 0.137. The molecule has 2 N–H and O–H groups in total. The molecule has 2 atom stereocenters. The molecule has 2 fully saturated rings. The van der Waals surface area contributed by atoms with Gasteiger partial charge in [-0.05, 0) is 33.1 Å². The number of nitrogens with two attached hydrogens (primary N) is 1. The number of carbonyl (C=O) groups excluding carboxylic acids is 3. The molecule has 0 aromatic rings. The Hall–Kier alpha value is -1.92. The quantitative estimate of drug-likeness (QED) is 0.319. The monoisotopic (exact) mass is 463 g/mol. The zero-order valence-corrected chi connectivity index (χ0v) is 19.2. The Morgan fingerprint density at radius 1 is 1.16 bits per heavy atom. The van der Waals surface area contributed by atoms with E-state index in [0.717, 1.165) is 32.1 Å². The van der Waals surface area contributed by atoms with Crippen LogP contribution in [0.2, 0.25) is 0 Å². The molecule has 0 saturated carbocycles. The van der Waals surface area contributed by atoms with E-state index in [9.17, 15) is 22.8 Å². The van der Waals surface area contributed by atoms with E-state index in [1.54, 1.807) is 0 Å². The van der Waals surface area contributed by atoms with Crippen LogP contribution in [-0.4, -0.2) is 68.1 Å². The van der Waals surface area contributed by atoms with Gasteiger partial charge in [-0.3, -0.25) is 9.59 Å². The lowest BCUT2D eigenvalue weighted by atomic mass is 9.95. The van der Waals surface area contributed by atoms with Crippen molar-refractivity contribution in [3.05, 3.63) is 0 Å². The minimum atomic E-state index is -4.62. The SMILES string of the molecule is CCCCCCCOC(=O)C(C)(C)COS(=O)(=O)ON1C(=O)N2CC1CCC2C(N)=O. The highest BCUT2D eigenvalue weighted by Crippen LogP contribution is 2.31. The van der Waals surface area contributed by atoms with Crippen LogP contribution in [0.1, 0.15) is 65.7 Å². The average molecular weight is 464 g/mol. The Morgan fingerprint density at radius 2 is 1.84 bits per heavy atom. The third kappa shape index (κ3) is 6.78. The maximum Gasteiger partial charge on any atom is 0.421 e. The van der Waals surface area contributed by atoms with Gasteiger partial charge >= 0.3 is 22.4 Å². The van der Waals surface area contributed by atoms with Crippen LogP contribution in [0.5, 0.6) is 0 Å². The zero-order valence-electron chi connectivity index (χ0n) is 18.4. The lowest BCUT2D eigenvalue weighted by molar-refractivity contribution is -0.156. The van der Waals surface area contributed by atoms with Crippen molar-refractivity contribution in [1.29, 1.82) is 0 Å². The first-order chi connectivity index (χ1) is 14.5. The standard InChI is InChI=1S/C19H33N3O8S/c1-4-5-6-7-8-11-28-17(24)19(2,3)13-29-31(26,27)30-22-14-9-10-15(16(20)23)21(12-14)18(22)25/h14-15H,4-13H2,1-3H3,(H2,20,23). The van der Waals surface area contributed by atoms with Gasteiger partial charge in [-0.15, -0.1) is 4.28 Å². The first-order valence-corrected chi connectivity index (χ1v) is 12.0. The highest BCUT2D eigenvalue weighted by Gasteiger charge is 2.49. The fourth-order valence-electron chi connectivity index (χ4n) is 3.49. The summed E-state index contributed by atoms with van der Waals surface area (Å²) in [6.07, 6.45) is 5.71. The molecular formula is C19H33N3O8S. The van der Waals surface area contributed by atoms with Crippen molar-refractivity contribution in [1.82, 2.24) is 9.96 Å². The van der Waals surface area contributed by atoms with Crippen molar-refractivity contribution in [2.75, 3.05) is 19.8 Å². The Bertz CT molecular complexity index is 770. The van der Waals surface area contributed by atoms with Crippen LogP contribution in [0.25, 0.3) is 0 Å². The van der Waals surface area contributed by atoms with Crippen LogP contribution >= 0.6 is 0 Å². The summed E-state index contributed by atoms with van der Waals surface area (Å²) in [5.41, 5.74) is 4.07. The van der Waals surface area contributed by atoms with Crippen LogP contribution in [0.4, 0.5) is 4.79 Å². The maximum absolute atomic E-state index is 12.4. The number of hydroxylamine groups is 2. The summed E-state index contributed by atoms with van der Waals surface area (Å²) in [6, 6.07) is -2.09. The maximum atomic E-state index is 12.4. The number of fused-ring (bicyclic) bond motifs is 2. The Morgan fingerprint density at radius 3 is 2.48 bits per heavy atom. The molecule has 0 spiro atoms. The fourth-order valence-corrected chi connectivity index (χ4v) is 4.35. The summed E-state index contributed by atoms with van der Waals surface area (Å²) >= 11 is 0. The van der Waals surface area contributed by atoms with Crippen molar-refractivity contribution in [3.8, 4) is 0 Å². The molecule has 12 heteroatoms. The number of hydrogen-bond acceptors (Lipinski definition) is 8. The first-order valence-electron chi connectivity index (χ1n) is 10.6. The van der Waals surface area contributed by atoms with E-state index >= 15 is 0 Å². The van der Waals surface area contributed by atoms with Crippen LogP contribution in [-0.2, 0) is 33.2 Å². The van der Waals surface area contributed by atoms with Gasteiger partial charge in [0.25, 0.3) is 0 Å². The predicted octanol–water partition coefficient (Wildman–Crippen LogP) is 1.47. The number of unbranched alkanes of at least 4 members (excludes halogenated alkanes) is 4. The number of primary amides is 1. The second-order valence-electron chi connectivity index (χ2n) is 8.59. The van der Waals surface area contributed by atoms with E-state index < -0.39 is 52.4 Å². The van der Waals surface area contributed by atoms with E-state index in [1.165, 1.54) is 18.7 Å².